The lowest BCUT2D eigenvalue weighted by atomic mass is 10.1. The van der Waals surface area contributed by atoms with E-state index in [1.807, 2.05) is 31.2 Å². The predicted octanol–water partition coefficient (Wildman–Crippen LogP) is 5.60. The molecule has 2 N–H and O–H groups in total. The molecular formula is C21H17ClN4O3S2. The van der Waals surface area contributed by atoms with Crippen LogP contribution in [0.2, 0.25) is 5.02 Å². The van der Waals surface area contributed by atoms with Crippen LogP contribution in [-0.4, -0.2) is 16.1 Å². The van der Waals surface area contributed by atoms with Gasteiger partial charge >= 0.3 is 5.63 Å². The Morgan fingerprint density at radius 3 is 2.87 bits per heavy atom. The first-order valence-corrected chi connectivity index (χ1v) is 11.4. The smallest absolute Gasteiger partial charge is 0.336 e. The van der Waals surface area contributed by atoms with Crippen molar-refractivity contribution in [3.8, 4) is 0 Å². The van der Waals surface area contributed by atoms with E-state index in [0.29, 0.717) is 27.2 Å². The number of thioether (sulfide) groups is 1. The molecule has 158 valence electrons. The molecule has 0 aliphatic rings. The molecule has 0 saturated heterocycles. The zero-order chi connectivity index (χ0) is 22.0. The number of anilines is 3. The number of halogens is 1. The molecule has 0 bridgehead atoms. The van der Waals surface area contributed by atoms with Gasteiger partial charge in [0.15, 0.2) is 4.34 Å². The molecule has 2 aromatic heterocycles. The molecule has 7 nitrogen and oxygen atoms in total. The monoisotopic (exact) mass is 472 g/mol. The Kier molecular flexibility index (Phi) is 6.26. The molecule has 0 aliphatic carbocycles. The van der Waals surface area contributed by atoms with Crippen molar-refractivity contribution in [2.75, 3.05) is 10.6 Å². The number of amides is 1. The minimum Gasteiger partial charge on any atom is -0.423 e. The van der Waals surface area contributed by atoms with Gasteiger partial charge in [-0.1, -0.05) is 40.8 Å². The third-order valence-electron chi connectivity index (χ3n) is 4.42. The summed E-state index contributed by atoms with van der Waals surface area (Å²) in [6, 6.07) is 12.4. The van der Waals surface area contributed by atoms with Crippen molar-refractivity contribution in [1.82, 2.24) is 10.2 Å². The number of hydrogen-bond donors (Lipinski definition) is 2. The van der Waals surface area contributed by atoms with E-state index in [9.17, 15) is 9.59 Å². The highest BCUT2D eigenvalue weighted by Crippen LogP contribution is 2.33. The summed E-state index contributed by atoms with van der Waals surface area (Å²) in [7, 11) is 0. The molecule has 0 spiro atoms. The SMILES string of the molecule is CC(=O)Nc1ccc2c(CSc3nnc(Nc4cccc(Cl)c4C)s3)cc(=O)oc2c1. The van der Waals surface area contributed by atoms with Crippen molar-refractivity contribution in [2.45, 2.75) is 23.9 Å². The minimum absolute atomic E-state index is 0.193. The molecule has 4 aromatic rings. The van der Waals surface area contributed by atoms with E-state index in [1.54, 1.807) is 12.1 Å². The Hall–Kier alpha value is -2.88. The number of benzene rings is 2. The average molecular weight is 473 g/mol. The van der Waals surface area contributed by atoms with Crippen molar-refractivity contribution in [3.05, 3.63) is 69.0 Å². The van der Waals surface area contributed by atoms with Gasteiger partial charge in [0.05, 0.1) is 0 Å². The maximum Gasteiger partial charge on any atom is 0.336 e. The zero-order valence-electron chi connectivity index (χ0n) is 16.6. The molecule has 31 heavy (non-hydrogen) atoms. The topological polar surface area (TPSA) is 97.1 Å². The van der Waals surface area contributed by atoms with E-state index in [1.165, 1.54) is 36.1 Å². The fourth-order valence-electron chi connectivity index (χ4n) is 2.95. The lowest BCUT2D eigenvalue weighted by molar-refractivity contribution is -0.114. The molecule has 0 aliphatic heterocycles. The van der Waals surface area contributed by atoms with Crippen molar-refractivity contribution >= 4 is 68.1 Å². The quantitative estimate of drug-likeness (QED) is 0.278. The maximum atomic E-state index is 12.0. The minimum atomic E-state index is -0.445. The Bertz CT molecular complexity index is 1340. The first-order chi connectivity index (χ1) is 14.9. The molecule has 0 unspecified atom stereocenters. The first kappa shape index (κ1) is 21.4. The average Bonchev–Trinajstić information content (AvgIpc) is 3.16. The summed E-state index contributed by atoms with van der Waals surface area (Å²) < 4.78 is 6.07. The normalized spacial score (nSPS) is 10.9. The van der Waals surface area contributed by atoms with E-state index < -0.39 is 5.63 Å². The van der Waals surface area contributed by atoms with Gasteiger partial charge in [-0.15, -0.1) is 10.2 Å². The molecule has 4 rings (SSSR count). The fraction of sp³-hybridized carbons (Fsp3) is 0.143. The Labute approximate surface area is 190 Å². The third-order valence-corrected chi connectivity index (χ3v) is 6.85. The second kappa shape index (κ2) is 9.09. The number of fused-ring (bicyclic) bond motifs is 1. The van der Waals surface area contributed by atoms with Crippen molar-refractivity contribution in [3.63, 3.8) is 0 Å². The molecule has 2 heterocycles. The maximum absolute atomic E-state index is 12.0. The van der Waals surface area contributed by atoms with Crippen LogP contribution >= 0.6 is 34.7 Å². The van der Waals surface area contributed by atoms with Crippen LogP contribution in [-0.2, 0) is 10.5 Å². The van der Waals surface area contributed by atoms with Gasteiger partial charge in [-0.25, -0.2) is 4.79 Å². The molecule has 0 radical (unpaired) electrons. The van der Waals surface area contributed by atoms with Crippen LogP contribution in [0, 0.1) is 6.92 Å². The third kappa shape index (κ3) is 5.07. The summed E-state index contributed by atoms with van der Waals surface area (Å²) >= 11 is 9.06. The molecular weight excluding hydrogens is 456 g/mol. The van der Waals surface area contributed by atoms with Crippen LogP contribution in [0.4, 0.5) is 16.5 Å². The second-order valence-electron chi connectivity index (χ2n) is 6.68. The first-order valence-electron chi connectivity index (χ1n) is 9.22. The molecule has 0 saturated carbocycles. The van der Waals surface area contributed by atoms with Gasteiger partial charge in [-0.05, 0) is 42.3 Å². The zero-order valence-corrected chi connectivity index (χ0v) is 19.0. The molecule has 0 fully saturated rings. The van der Waals surface area contributed by atoms with E-state index in [-0.39, 0.29) is 5.91 Å². The number of aromatic nitrogens is 2. The molecule has 0 atom stereocenters. The van der Waals surface area contributed by atoms with Gasteiger partial charge in [0.2, 0.25) is 11.0 Å². The summed E-state index contributed by atoms with van der Waals surface area (Å²) in [5.74, 6) is 0.328. The lowest BCUT2D eigenvalue weighted by Crippen LogP contribution is -2.06. The van der Waals surface area contributed by atoms with E-state index in [0.717, 1.165) is 26.5 Å². The Morgan fingerprint density at radius 1 is 1.23 bits per heavy atom. The van der Waals surface area contributed by atoms with Gasteiger partial charge in [0.1, 0.15) is 5.58 Å². The van der Waals surface area contributed by atoms with Gasteiger partial charge < -0.3 is 15.1 Å². The van der Waals surface area contributed by atoms with Crippen LogP contribution in [0.5, 0.6) is 0 Å². The van der Waals surface area contributed by atoms with Crippen molar-refractivity contribution in [1.29, 1.82) is 0 Å². The van der Waals surface area contributed by atoms with E-state index in [2.05, 4.69) is 20.8 Å². The van der Waals surface area contributed by atoms with Crippen LogP contribution in [0.3, 0.4) is 0 Å². The summed E-state index contributed by atoms with van der Waals surface area (Å²) in [5, 5.41) is 16.5. The number of carbonyl (C=O) groups is 1. The lowest BCUT2D eigenvalue weighted by Gasteiger charge is -2.07. The molecule has 1 amide bonds. The number of nitrogens with zero attached hydrogens (tertiary/aromatic N) is 2. The number of hydrogen-bond acceptors (Lipinski definition) is 8. The summed E-state index contributed by atoms with van der Waals surface area (Å²) in [4.78, 5) is 23.3. The van der Waals surface area contributed by atoms with Crippen LogP contribution in [0.1, 0.15) is 18.1 Å². The van der Waals surface area contributed by atoms with Crippen LogP contribution in [0.25, 0.3) is 11.0 Å². The van der Waals surface area contributed by atoms with Crippen LogP contribution in [0.15, 0.2) is 56.0 Å². The Morgan fingerprint density at radius 2 is 2.06 bits per heavy atom. The summed E-state index contributed by atoms with van der Waals surface area (Å²) in [5.41, 5.74) is 3.19. The summed E-state index contributed by atoms with van der Waals surface area (Å²) in [6.45, 7) is 3.36. The Balaban J connectivity index is 1.51. The highest BCUT2D eigenvalue weighted by atomic mass is 35.5. The van der Waals surface area contributed by atoms with Crippen molar-refractivity contribution in [2.24, 2.45) is 0 Å². The van der Waals surface area contributed by atoms with Crippen molar-refractivity contribution < 1.29 is 9.21 Å². The standard InChI is InChI=1S/C21H17ClN4O3S2/c1-11-16(22)4-3-5-17(11)24-20-25-26-21(31-20)30-10-13-8-19(28)29-18-9-14(23-12(2)27)6-7-15(13)18/h3-9H,10H2,1-2H3,(H,23,27)(H,24,25). The van der Waals surface area contributed by atoms with Gasteiger partial charge in [-0.3, -0.25) is 4.79 Å². The number of nitrogens with one attached hydrogen (secondary N) is 2. The highest BCUT2D eigenvalue weighted by Gasteiger charge is 2.11. The van der Waals surface area contributed by atoms with E-state index in [4.69, 9.17) is 16.0 Å². The highest BCUT2D eigenvalue weighted by molar-refractivity contribution is 8.00. The largest absolute Gasteiger partial charge is 0.423 e. The fourth-order valence-corrected chi connectivity index (χ4v) is 4.88. The number of carbonyl (C=O) groups excluding carboxylic acids is 1. The summed E-state index contributed by atoms with van der Waals surface area (Å²) in [6.07, 6.45) is 0. The molecule has 2 aromatic carbocycles. The van der Waals surface area contributed by atoms with Gasteiger partial charge in [0, 0.05) is 46.6 Å². The van der Waals surface area contributed by atoms with E-state index >= 15 is 0 Å². The van der Waals surface area contributed by atoms with Crippen LogP contribution < -0.4 is 16.3 Å². The van der Waals surface area contributed by atoms with Gasteiger partial charge in [0.25, 0.3) is 0 Å². The van der Waals surface area contributed by atoms with Gasteiger partial charge in [-0.2, -0.15) is 0 Å². The molecule has 10 heteroatoms. The second-order valence-corrected chi connectivity index (χ2v) is 9.29. The number of rotatable bonds is 6. The predicted molar refractivity (Wildman–Crippen MR) is 126 cm³/mol.